The van der Waals surface area contributed by atoms with E-state index in [1.165, 1.54) is 167 Å². The van der Waals surface area contributed by atoms with Crippen LogP contribution in [0.5, 0.6) is 0 Å². The second-order valence-electron chi connectivity index (χ2n) is 21.1. The lowest BCUT2D eigenvalue weighted by Crippen LogP contribution is -2.45. The number of aliphatic hydroxyl groups excluding tert-OH is 2. The maximum Gasteiger partial charge on any atom is 0.220 e. The molecule has 0 rings (SSSR count). The van der Waals surface area contributed by atoms with Crippen LogP contribution in [0.2, 0.25) is 0 Å². The molecule has 0 saturated heterocycles. The Morgan fingerprint density at radius 1 is 0.333 bits per heavy atom. The molecule has 2 atom stereocenters. The van der Waals surface area contributed by atoms with Crippen LogP contribution in [0.25, 0.3) is 0 Å². The Morgan fingerprint density at radius 2 is 0.600 bits per heavy atom. The van der Waals surface area contributed by atoms with E-state index in [2.05, 4.69) is 141 Å². The van der Waals surface area contributed by atoms with Gasteiger partial charge in [0.2, 0.25) is 5.91 Å². The van der Waals surface area contributed by atoms with Crippen LogP contribution in [0, 0.1) is 0 Å². The van der Waals surface area contributed by atoms with E-state index in [0.29, 0.717) is 6.42 Å². The summed E-state index contributed by atoms with van der Waals surface area (Å²) in [4.78, 5) is 12.5. The van der Waals surface area contributed by atoms with E-state index in [1.54, 1.807) is 6.08 Å². The number of aliphatic hydroxyl groups is 2. The number of hydrogen-bond donors (Lipinski definition) is 3. The fourth-order valence-corrected chi connectivity index (χ4v) is 9.07. The van der Waals surface area contributed by atoms with Crippen molar-refractivity contribution in [1.29, 1.82) is 0 Å². The second kappa shape index (κ2) is 64.8. The normalized spacial score (nSPS) is 13.7. The van der Waals surface area contributed by atoms with Gasteiger partial charge in [0, 0.05) is 6.42 Å². The van der Waals surface area contributed by atoms with Crippen molar-refractivity contribution in [2.45, 2.75) is 302 Å². The molecule has 0 saturated carbocycles. The van der Waals surface area contributed by atoms with Crippen LogP contribution in [0.3, 0.4) is 0 Å². The Labute approximate surface area is 466 Å². The SMILES string of the molecule is CC/C=C\C/C=C\C/C=C\C/C=C\C/C=C\C/C=C\C/C=C\C/C=C\C/C=C\CCCCCCCCCC(=O)NC(CO)C(O)/C=C/CC/C=C/CCCCCCCCCCCCCCCCCCCCCCCC. The Morgan fingerprint density at radius 3 is 0.933 bits per heavy atom. The van der Waals surface area contributed by atoms with Gasteiger partial charge in [-0.05, 0) is 103 Å². The highest BCUT2D eigenvalue weighted by Gasteiger charge is 2.18. The molecular formula is C71H121NO3. The molecule has 0 fully saturated rings. The number of unbranched alkanes of at least 4 members (excludes halogenated alkanes) is 30. The minimum Gasteiger partial charge on any atom is -0.394 e. The lowest BCUT2D eigenvalue weighted by molar-refractivity contribution is -0.123. The summed E-state index contributed by atoms with van der Waals surface area (Å²) < 4.78 is 0. The summed E-state index contributed by atoms with van der Waals surface area (Å²) in [5.41, 5.74) is 0. The van der Waals surface area contributed by atoms with Crippen LogP contribution in [-0.4, -0.2) is 34.9 Å². The van der Waals surface area contributed by atoms with Gasteiger partial charge in [-0.15, -0.1) is 0 Å². The highest BCUT2D eigenvalue weighted by Crippen LogP contribution is 2.16. The molecular weight excluding hydrogens is 915 g/mol. The first-order valence-corrected chi connectivity index (χ1v) is 31.9. The molecule has 0 bridgehead atoms. The number of allylic oxidation sites excluding steroid dienone is 21. The van der Waals surface area contributed by atoms with Crippen molar-refractivity contribution in [3.05, 3.63) is 134 Å². The van der Waals surface area contributed by atoms with Gasteiger partial charge < -0.3 is 15.5 Å². The highest BCUT2D eigenvalue weighted by atomic mass is 16.3. The van der Waals surface area contributed by atoms with Crippen LogP contribution in [0.15, 0.2) is 134 Å². The Kier molecular flexibility index (Phi) is 61.8. The summed E-state index contributed by atoms with van der Waals surface area (Å²) in [5, 5.41) is 23.2. The standard InChI is InChI=1S/C71H121NO3/c1-3-5-7-9-11-13-15-17-19-21-23-25-27-29-31-33-34-35-36-37-38-39-41-43-45-47-49-51-53-55-57-59-61-63-65-67-71(75)72-69(68-73)70(74)66-64-62-60-58-56-54-52-50-48-46-44-42-40-32-30-28-26-24-22-20-18-16-14-12-10-8-6-4-2/h5,7,11,13,17,19,23,25,29,31,34-35,37-38,41,43,47,49,56,58,64,66,69-70,73-74H,3-4,6,8-10,12,14-16,18,20-22,24,26-28,30,32-33,36,39-40,42,44-46,48,50-55,57,59-63,65,67-68H2,1-2H3,(H,72,75)/b7-5-,13-11-,19-17-,25-23-,31-29-,35-34-,38-37-,43-41-,49-47-,58-56+,66-64+. The third-order valence-corrected chi connectivity index (χ3v) is 13.9. The summed E-state index contributed by atoms with van der Waals surface area (Å²) in [5.74, 6) is -0.0882. The minimum absolute atomic E-state index is 0.0882. The van der Waals surface area contributed by atoms with E-state index in [0.717, 1.165) is 103 Å². The summed E-state index contributed by atoms with van der Waals surface area (Å²) >= 11 is 0. The van der Waals surface area contributed by atoms with Gasteiger partial charge in [0.1, 0.15) is 0 Å². The maximum atomic E-state index is 12.5. The van der Waals surface area contributed by atoms with Crippen molar-refractivity contribution in [2.75, 3.05) is 6.61 Å². The third-order valence-electron chi connectivity index (χ3n) is 13.9. The molecule has 4 heteroatoms. The lowest BCUT2D eigenvalue weighted by Gasteiger charge is -2.19. The molecule has 0 aromatic carbocycles. The van der Waals surface area contributed by atoms with Crippen LogP contribution >= 0.6 is 0 Å². The predicted molar refractivity (Wildman–Crippen MR) is 335 cm³/mol. The van der Waals surface area contributed by atoms with Crippen LogP contribution in [-0.2, 0) is 4.79 Å². The fraction of sp³-hybridized carbons (Fsp3) is 0.676. The van der Waals surface area contributed by atoms with Gasteiger partial charge in [-0.2, -0.15) is 0 Å². The van der Waals surface area contributed by atoms with Gasteiger partial charge in [0.25, 0.3) is 0 Å². The van der Waals surface area contributed by atoms with Crippen molar-refractivity contribution in [3.8, 4) is 0 Å². The first kappa shape index (κ1) is 71.5. The monoisotopic (exact) mass is 1040 g/mol. The molecule has 0 radical (unpaired) electrons. The molecule has 0 spiro atoms. The fourth-order valence-electron chi connectivity index (χ4n) is 9.07. The van der Waals surface area contributed by atoms with E-state index < -0.39 is 12.1 Å². The lowest BCUT2D eigenvalue weighted by atomic mass is 10.0. The van der Waals surface area contributed by atoms with E-state index in [9.17, 15) is 15.0 Å². The van der Waals surface area contributed by atoms with E-state index in [4.69, 9.17) is 0 Å². The zero-order valence-corrected chi connectivity index (χ0v) is 49.3. The predicted octanol–water partition coefficient (Wildman–Crippen LogP) is 21.8. The molecule has 3 N–H and O–H groups in total. The molecule has 0 aliphatic carbocycles. The molecule has 2 unspecified atom stereocenters. The zero-order valence-electron chi connectivity index (χ0n) is 49.3. The van der Waals surface area contributed by atoms with Gasteiger partial charge in [-0.25, -0.2) is 0 Å². The van der Waals surface area contributed by atoms with Crippen molar-refractivity contribution < 1.29 is 15.0 Å². The van der Waals surface area contributed by atoms with Crippen LogP contribution in [0.4, 0.5) is 0 Å². The number of hydrogen-bond acceptors (Lipinski definition) is 3. The summed E-state index contributed by atoms with van der Waals surface area (Å²) in [6, 6.07) is -0.657. The average molecular weight is 1040 g/mol. The smallest absolute Gasteiger partial charge is 0.220 e. The summed E-state index contributed by atoms with van der Waals surface area (Å²) in [7, 11) is 0. The van der Waals surface area contributed by atoms with Gasteiger partial charge in [0.15, 0.2) is 0 Å². The molecule has 0 heterocycles. The van der Waals surface area contributed by atoms with Gasteiger partial charge in [-0.1, -0.05) is 314 Å². The number of nitrogens with one attached hydrogen (secondary N) is 1. The average Bonchev–Trinajstić information content (AvgIpc) is 3.41. The molecule has 75 heavy (non-hydrogen) atoms. The summed E-state index contributed by atoms with van der Waals surface area (Å²) in [6.45, 7) is 4.19. The maximum absolute atomic E-state index is 12.5. The molecule has 4 nitrogen and oxygen atoms in total. The Balaban J connectivity index is 3.62. The van der Waals surface area contributed by atoms with Crippen molar-refractivity contribution in [3.63, 3.8) is 0 Å². The largest absolute Gasteiger partial charge is 0.394 e. The molecule has 1 amide bonds. The quantitative estimate of drug-likeness (QED) is 0.0420. The number of carbonyl (C=O) groups excluding carboxylic acids is 1. The number of amides is 1. The third kappa shape index (κ3) is 61.3. The van der Waals surface area contributed by atoms with E-state index in [1.807, 2.05) is 6.08 Å². The minimum atomic E-state index is -0.878. The van der Waals surface area contributed by atoms with E-state index in [-0.39, 0.29) is 12.5 Å². The van der Waals surface area contributed by atoms with Gasteiger partial charge in [-0.3, -0.25) is 4.79 Å². The molecule has 0 aromatic rings. The molecule has 0 aliphatic heterocycles. The first-order valence-electron chi connectivity index (χ1n) is 31.9. The number of rotatable bonds is 57. The first-order chi connectivity index (χ1) is 37.2. The Bertz CT molecular complexity index is 1500. The molecule has 428 valence electrons. The topological polar surface area (TPSA) is 69.6 Å². The van der Waals surface area contributed by atoms with Crippen LogP contribution in [0.1, 0.15) is 290 Å². The molecule has 0 aromatic heterocycles. The second-order valence-corrected chi connectivity index (χ2v) is 21.1. The van der Waals surface area contributed by atoms with Crippen LogP contribution < -0.4 is 5.32 Å². The van der Waals surface area contributed by atoms with Crippen molar-refractivity contribution in [2.24, 2.45) is 0 Å². The number of carbonyl (C=O) groups is 1. The van der Waals surface area contributed by atoms with Gasteiger partial charge >= 0.3 is 0 Å². The summed E-state index contributed by atoms with van der Waals surface area (Å²) in [6.07, 6.45) is 101. The highest BCUT2D eigenvalue weighted by molar-refractivity contribution is 5.76. The van der Waals surface area contributed by atoms with Crippen molar-refractivity contribution >= 4 is 5.91 Å². The van der Waals surface area contributed by atoms with E-state index >= 15 is 0 Å². The Hall–Kier alpha value is -3.47. The van der Waals surface area contributed by atoms with Crippen molar-refractivity contribution in [1.82, 2.24) is 5.32 Å². The van der Waals surface area contributed by atoms with Gasteiger partial charge in [0.05, 0.1) is 18.8 Å². The zero-order chi connectivity index (χ0) is 54.1. The molecule has 0 aliphatic rings.